The van der Waals surface area contributed by atoms with Gasteiger partial charge in [-0.3, -0.25) is 4.79 Å². The summed E-state index contributed by atoms with van der Waals surface area (Å²) in [7, 11) is -1.48. The molecule has 94 valence electrons. The molecule has 0 aromatic carbocycles. The second-order valence-electron chi connectivity index (χ2n) is 4.08. The topological polar surface area (TPSA) is 63.7 Å². The predicted molar refractivity (Wildman–Crippen MR) is 60.9 cm³/mol. The molecule has 1 rings (SSSR count). The van der Waals surface area contributed by atoms with E-state index >= 15 is 0 Å². The molecule has 1 fully saturated rings. The second kappa shape index (κ2) is 5.63. The van der Waals surface area contributed by atoms with Crippen LogP contribution in [0.25, 0.3) is 0 Å². The highest BCUT2D eigenvalue weighted by molar-refractivity contribution is 7.91. The van der Waals surface area contributed by atoms with Gasteiger partial charge < -0.3 is 9.64 Å². The Morgan fingerprint density at radius 3 is 2.62 bits per heavy atom. The summed E-state index contributed by atoms with van der Waals surface area (Å²) in [4.78, 5) is 13.4. The first-order chi connectivity index (χ1) is 7.50. The normalized spacial score (nSPS) is 23.2. The monoisotopic (exact) mass is 249 g/mol. The summed E-state index contributed by atoms with van der Waals surface area (Å²) in [5.41, 5.74) is 0. The maximum absolute atomic E-state index is 11.7. The highest BCUT2D eigenvalue weighted by atomic mass is 32.2. The fourth-order valence-electron chi connectivity index (χ4n) is 1.98. The van der Waals surface area contributed by atoms with E-state index < -0.39 is 9.84 Å². The van der Waals surface area contributed by atoms with Gasteiger partial charge in [-0.25, -0.2) is 8.42 Å². The maximum Gasteiger partial charge on any atom is 0.248 e. The largest absolute Gasteiger partial charge is 0.375 e. The van der Waals surface area contributed by atoms with Gasteiger partial charge in [0.1, 0.15) is 6.61 Å². The zero-order chi connectivity index (χ0) is 12.2. The predicted octanol–water partition coefficient (Wildman–Crippen LogP) is 0.0585. The molecule has 0 radical (unpaired) electrons. The van der Waals surface area contributed by atoms with Crippen molar-refractivity contribution in [2.75, 3.05) is 31.8 Å². The van der Waals surface area contributed by atoms with E-state index in [0.29, 0.717) is 13.0 Å². The Morgan fingerprint density at radius 2 is 2.19 bits per heavy atom. The summed E-state index contributed by atoms with van der Waals surface area (Å²) >= 11 is 0. The second-order valence-corrected chi connectivity index (χ2v) is 6.31. The summed E-state index contributed by atoms with van der Waals surface area (Å²) in [6.45, 7) is 2.59. The van der Waals surface area contributed by atoms with Crippen LogP contribution in [0.3, 0.4) is 0 Å². The first kappa shape index (κ1) is 13.4. The van der Waals surface area contributed by atoms with E-state index in [0.717, 1.165) is 6.42 Å². The minimum absolute atomic E-state index is 0.0244. The molecular formula is C10H19NO4S. The maximum atomic E-state index is 11.7. The molecule has 5 nitrogen and oxygen atoms in total. The van der Waals surface area contributed by atoms with Crippen LogP contribution in [0.2, 0.25) is 0 Å². The first-order valence-electron chi connectivity index (χ1n) is 5.49. The lowest BCUT2D eigenvalue weighted by Crippen LogP contribution is -2.43. The van der Waals surface area contributed by atoms with Gasteiger partial charge in [-0.2, -0.15) is 0 Å². The van der Waals surface area contributed by atoms with E-state index in [1.807, 2.05) is 6.92 Å². The van der Waals surface area contributed by atoms with Crippen molar-refractivity contribution in [2.45, 2.75) is 25.8 Å². The molecule has 6 heteroatoms. The highest BCUT2D eigenvalue weighted by Gasteiger charge is 2.33. The summed E-state index contributed by atoms with van der Waals surface area (Å²) in [5.74, 6) is 0.173. The molecule has 1 saturated heterocycles. The lowest BCUT2D eigenvalue weighted by Gasteiger charge is -2.27. The number of hydrogen-bond donors (Lipinski definition) is 0. The van der Waals surface area contributed by atoms with Crippen LogP contribution in [0.5, 0.6) is 0 Å². The van der Waals surface area contributed by atoms with Crippen LogP contribution >= 0.6 is 0 Å². The third kappa shape index (κ3) is 3.45. The van der Waals surface area contributed by atoms with Gasteiger partial charge >= 0.3 is 0 Å². The molecule has 1 atom stereocenters. The molecule has 0 N–H and O–H groups in total. The van der Waals surface area contributed by atoms with Gasteiger partial charge in [0.2, 0.25) is 5.91 Å². The van der Waals surface area contributed by atoms with Gasteiger partial charge in [0.15, 0.2) is 9.84 Å². The van der Waals surface area contributed by atoms with Gasteiger partial charge in [0, 0.05) is 19.7 Å². The van der Waals surface area contributed by atoms with Crippen molar-refractivity contribution in [1.29, 1.82) is 0 Å². The van der Waals surface area contributed by atoms with Crippen LogP contribution in [0.4, 0.5) is 0 Å². The smallest absolute Gasteiger partial charge is 0.248 e. The van der Waals surface area contributed by atoms with E-state index in [4.69, 9.17) is 4.74 Å². The molecule has 0 bridgehead atoms. The van der Waals surface area contributed by atoms with Crippen molar-refractivity contribution in [2.24, 2.45) is 0 Å². The fourth-order valence-corrected chi connectivity index (χ4v) is 3.71. The van der Waals surface area contributed by atoms with E-state index in [1.54, 1.807) is 4.90 Å². The summed E-state index contributed by atoms with van der Waals surface area (Å²) in [6, 6.07) is -0.160. The number of rotatable bonds is 5. The van der Waals surface area contributed by atoms with Crippen molar-refractivity contribution in [3.8, 4) is 0 Å². The SMILES string of the molecule is CCCN(C(=O)COC)[C@@H]1CCS(=O)(=O)C1. The Labute approximate surface area is 96.7 Å². The fraction of sp³-hybridized carbons (Fsp3) is 0.900. The lowest BCUT2D eigenvalue weighted by atomic mass is 10.2. The van der Waals surface area contributed by atoms with Crippen LogP contribution in [0, 0.1) is 0 Å². The van der Waals surface area contributed by atoms with E-state index in [1.165, 1.54) is 7.11 Å². The molecule has 1 heterocycles. The number of hydrogen-bond acceptors (Lipinski definition) is 4. The molecule has 0 aliphatic carbocycles. The zero-order valence-corrected chi connectivity index (χ0v) is 10.6. The Kier molecular flexibility index (Phi) is 4.73. The molecule has 1 amide bonds. The van der Waals surface area contributed by atoms with Gasteiger partial charge in [0.05, 0.1) is 11.5 Å². The third-order valence-electron chi connectivity index (χ3n) is 2.70. The Morgan fingerprint density at radius 1 is 1.50 bits per heavy atom. The lowest BCUT2D eigenvalue weighted by molar-refractivity contribution is -0.137. The Bertz CT molecular complexity index is 339. The van der Waals surface area contributed by atoms with E-state index in [-0.39, 0.29) is 30.1 Å². The van der Waals surface area contributed by atoms with Crippen LogP contribution < -0.4 is 0 Å². The number of carbonyl (C=O) groups is 1. The van der Waals surface area contributed by atoms with Crippen molar-refractivity contribution in [1.82, 2.24) is 4.90 Å². The molecule has 0 saturated carbocycles. The van der Waals surface area contributed by atoms with E-state index in [9.17, 15) is 13.2 Å². The Hall–Kier alpha value is -0.620. The Balaban J connectivity index is 2.67. The van der Waals surface area contributed by atoms with Gasteiger partial charge in [-0.05, 0) is 12.8 Å². The van der Waals surface area contributed by atoms with Crippen LogP contribution in [0.1, 0.15) is 19.8 Å². The number of sulfone groups is 1. The van der Waals surface area contributed by atoms with E-state index in [2.05, 4.69) is 0 Å². The first-order valence-corrected chi connectivity index (χ1v) is 7.31. The molecular weight excluding hydrogens is 230 g/mol. The van der Waals surface area contributed by atoms with Crippen LogP contribution in [0.15, 0.2) is 0 Å². The molecule has 0 aromatic rings. The highest BCUT2D eigenvalue weighted by Crippen LogP contribution is 2.18. The van der Waals surface area contributed by atoms with Gasteiger partial charge in [-0.15, -0.1) is 0 Å². The minimum atomic E-state index is -2.94. The number of methoxy groups -OCH3 is 1. The number of amides is 1. The van der Waals surface area contributed by atoms with Crippen LogP contribution in [-0.2, 0) is 19.4 Å². The molecule has 0 unspecified atom stereocenters. The average Bonchev–Trinajstić information content (AvgIpc) is 2.55. The molecule has 1 aliphatic heterocycles. The van der Waals surface area contributed by atoms with Gasteiger partial charge in [-0.1, -0.05) is 6.92 Å². The number of ether oxygens (including phenoxy) is 1. The standard InChI is InChI=1S/C10H19NO4S/c1-3-5-11(10(12)7-15-2)9-4-6-16(13,14)8-9/h9H,3-8H2,1-2H3/t9-/m1/s1. The van der Waals surface area contributed by atoms with Crippen molar-refractivity contribution < 1.29 is 17.9 Å². The molecule has 1 aliphatic rings. The summed E-state index contributed by atoms with van der Waals surface area (Å²) in [5, 5.41) is 0. The van der Waals surface area contributed by atoms with Crippen molar-refractivity contribution >= 4 is 15.7 Å². The van der Waals surface area contributed by atoms with Gasteiger partial charge in [0.25, 0.3) is 0 Å². The summed E-state index contributed by atoms with van der Waals surface area (Å²) in [6.07, 6.45) is 1.38. The molecule has 0 aromatic heterocycles. The summed E-state index contributed by atoms with van der Waals surface area (Å²) < 4.78 is 27.5. The number of nitrogens with zero attached hydrogens (tertiary/aromatic N) is 1. The average molecular weight is 249 g/mol. The number of carbonyl (C=O) groups excluding carboxylic acids is 1. The van der Waals surface area contributed by atoms with Crippen LogP contribution in [-0.4, -0.2) is 57.0 Å². The zero-order valence-electron chi connectivity index (χ0n) is 9.81. The third-order valence-corrected chi connectivity index (χ3v) is 4.45. The minimum Gasteiger partial charge on any atom is -0.375 e. The molecule has 0 spiro atoms. The van der Waals surface area contributed by atoms with Crippen molar-refractivity contribution in [3.63, 3.8) is 0 Å². The molecule has 16 heavy (non-hydrogen) atoms. The van der Waals surface area contributed by atoms with Crippen molar-refractivity contribution in [3.05, 3.63) is 0 Å². The quantitative estimate of drug-likeness (QED) is 0.691.